The first-order chi connectivity index (χ1) is 9.35. The highest BCUT2D eigenvalue weighted by Crippen LogP contribution is 2.20. The van der Waals surface area contributed by atoms with Gasteiger partial charge in [-0.3, -0.25) is 0 Å². The molecule has 2 rings (SSSR count). The molecular weight excluding hydrogens is 253 g/mol. The molecule has 3 nitrogen and oxygen atoms in total. The van der Waals surface area contributed by atoms with Gasteiger partial charge in [-0.25, -0.2) is 14.4 Å². The van der Waals surface area contributed by atoms with Crippen LogP contribution in [0.5, 0.6) is 0 Å². The summed E-state index contributed by atoms with van der Waals surface area (Å²) >= 11 is 0. The van der Waals surface area contributed by atoms with Gasteiger partial charge in [-0.15, -0.1) is 0 Å². The average Bonchev–Trinajstić information content (AvgIpc) is 2.36. The molecule has 4 heteroatoms. The summed E-state index contributed by atoms with van der Waals surface area (Å²) in [5, 5.41) is 3.39. The molecule has 0 saturated heterocycles. The molecule has 0 aliphatic carbocycles. The molecule has 106 valence electrons. The summed E-state index contributed by atoms with van der Waals surface area (Å²) in [6.45, 7) is 8.87. The van der Waals surface area contributed by atoms with Crippen molar-refractivity contribution < 1.29 is 4.39 Å². The van der Waals surface area contributed by atoms with E-state index in [1.54, 1.807) is 12.3 Å². The predicted octanol–water partition coefficient (Wildman–Crippen LogP) is 3.48. The predicted molar refractivity (Wildman–Crippen MR) is 78.8 cm³/mol. The summed E-state index contributed by atoms with van der Waals surface area (Å²) < 4.78 is 13.1. The fourth-order valence-corrected chi connectivity index (χ4v) is 1.86. The van der Waals surface area contributed by atoms with Crippen molar-refractivity contribution in [2.24, 2.45) is 0 Å². The van der Waals surface area contributed by atoms with Gasteiger partial charge in [0.1, 0.15) is 5.82 Å². The van der Waals surface area contributed by atoms with Gasteiger partial charge in [0, 0.05) is 23.8 Å². The fraction of sp³-hybridized carbons (Fsp3) is 0.375. The fourth-order valence-electron chi connectivity index (χ4n) is 1.86. The van der Waals surface area contributed by atoms with Gasteiger partial charge in [-0.2, -0.15) is 0 Å². The van der Waals surface area contributed by atoms with Crippen molar-refractivity contribution in [3.05, 3.63) is 47.5 Å². The Morgan fingerprint density at radius 1 is 1.20 bits per heavy atom. The number of rotatable bonds is 3. The van der Waals surface area contributed by atoms with Crippen LogP contribution >= 0.6 is 0 Å². The van der Waals surface area contributed by atoms with E-state index < -0.39 is 0 Å². The lowest BCUT2D eigenvalue weighted by atomic mass is 10.1. The van der Waals surface area contributed by atoms with E-state index >= 15 is 0 Å². The monoisotopic (exact) mass is 273 g/mol. The topological polar surface area (TPSA) is 37.8 Å². The van der Waals surface area contributed by atoms with Crippen LogP contribution in [0.2, 0.25) is 0 Å². The largest absolute Gasteiger partial charge is 0.306 e. The third-order valence-corrected chi connectivity index (χ3v) is 2.94. The van der Waals surface area contributed by atoms with Crippen molar-refractivity contribution in [2.45, 2.75) is 39.8 Å². The summed E-state index contributed by atoms with van der Waals surface area (Å²) in [7, 11) is 0. The lowest BCUT2D eigenvalue weighted by Crippen LogP contribution is -2.35. The molecule has 20 heavy (non-hydrogen) atoms. The molecule has 0 aliphatic rings. The zero-order valence-electron chi connectivity index (χ0n) is 12.4. The standard InChI is InChI=1S/C16H20FN3/c1-11-9-12(17)5-6-14(11)15-18-8-7-13(20-15)10-19-16(2,3)4/h5-9,19H,10H2,1-4H3. The van der Waals surface area contributed by atoms with E-state index in [2.05, 4.69) is 36.1 Å². The first-order valence-corrected chi connectivity index (χ1v) is 6.69. The van der Waals surface area contributed by atoms with E-state index in [-0.39, 0.29) is 11.4 Å². The number of halogens is 1. The van der Waals surface area contributed by atoms with Crippen LogP contribution < -0.4 is 5.32 Å². The third-order valence-electron chi connectivity index (χ3n) is 2.94. The van der Waals surface area contributed by atoms with Crippen molar-refractivity contribution in [3.8, 4) is 11.4 Å². The third kappa shape index (κ3) is 3.84. The van der Waals surface area contributed by atoms with Crippen molar-refractivity contribution in [1.82, 2.24) is 15.3 Å². The minimum Gasteiger partial charge on any atom is -0.306 e. The normalized spacial score (nSPS) is 11.7. The van der Waals surface area contributed by atoms with Crippen LogP contribution in [0.1, 0.15) is 32.0 Å². The van der Waals surface area contributed by atoms with Gasteiger partial charge in [-0.05, 0) is 57.5 Å². The van der Waals surface area contributed by atoms with Crippen molar-refractivity contribution >= 4 is 0 Å². The number of aromatic nitrogens is 2. The first-order valence-electron chi connectivity index (χ1n) is 6.69. The quantitative estimate of drug-likeness (QED) is 0.930. The maximum Gasteiger partial charge on any atom is 0.159 e. The molecule has 1 heterocycles. The highest BCUT2D eigenvalue weighted by atomic mass is 19.1. The Hall–Kier alpha value is -1.81. The molecule has 0 spiro atoms. The van der Waals surface area contributed by atoms with E-state index in [1.807, 2.05) is 13.0 Å². The van der Waals surface area contributed by atoms with Crippen LogP contribution in [0, 0.1) is 12.7 Å². The Morgan fingerprint density at radius 3 is 2.60 bits per heavy atom. The Balaban J connectivity index is 2.25. The minimum absolute atomic E-state index is 0.0386. The number of hydrogen-bond acceptors (Lipinski definition) is 3. The Morgan fingerprint density at radius 2 is 1.95 bits per heavy atom. The zero-order valence-corrected chi connectivity index (χ0v) is 12.4. The number of nitrogens with one attached hydrogen (secondary N) is 1. The molecule has 1 N–H and O–H groups in total. The highest BCUT2D eigenvalue weighted by Gasteiger charge is 2.10. The van der Waals surface area contributed by atoms with Gasteiger partial charge < -0.3 is 5.32 Å². The van der Waals surface area contributed by atoms with Crippen molar-refractivity contribution in [2.75, 3.05) is 0 Å². The second-order valence-corrected chi connectivity index (χ2v) is 5.93. The molecule has 0 fully saturated rings. The minimum atomic E-state index is -0.239. The first kappa shape index (κ1) is 14.6. The van der Waals surface area contributed by atoms with Gasteiger partial charge in [0.05, 0.1) is 5.69 Å². The average molecular weight is 273 g/mol. The number of aryl methyl sites for hydroxylation is 1. The van der Waals surface area contributed by atoms with Crippen molar-refractivity contribution in [3.63, 3.8) is 0 Å². The molecule has 0 unspecified atom stereocenters. The van der Waals surface area contributed by atoms with Gasteiger partial charge in [0.15, 0.2) is 5.82 Å². The lowest BCUT2D eigenvalue weighted by Gasteiger charge is -2.20. The smallest absolute Gasteiger partial charge is 0.159 e. The van der Waals surface area contributed by atoms with Crippen LogP contribution in [-0.2, 0) is 6.54 Å². The van der Waals surface area contributed by atoms with Crippen LogP contribution in [0.4, 0.5) is 4.39 Å². The van der Waals surface area contributed by atoms with E-state index in [1.165, 1.54) is 12.1 Å². The van der Waals surface area contributed by atoms with Gasteiger partial charge in [-0.1, -0.05) is 0 Å². The van der Waals surface area contributed by atoms with Crippen LogP contribution in [0.3, 0.4) is 0 Å². The molecular formula is C16H20FN3. The summed E-state index contributed by atoms with van der Waals surface area (Å²) in [4.78, 5) is 8.82. The van der Waals surface area contributed by atoms with Crippen LogP contribution in [0.15, 0.2) is 30.5 Å². The van der Waals surface area contributed by atoms with Crippen LogP contribution in [0.25, 0.3) is 11.4 Å². The van der Waals surface area contributed by atoms with E-state index in [9.17, 15) is 4.39 Å². The summed E-state index contributed by atoms with van der Waals surface area (Å²) in [5.74, 6) is 0.396. The summed E-state index contributed by atoms with van der Waals surface area (Å²) in [6, 6.07) is 6.55. The van der Waals surface area contributed by atoms with Crippen molar-refractivity contribution in [1.29, 1.82) is 0 Å². The van der Waals surface area contributed by atoms with Gasteiger partial charge in [0.2, 0.25) is 0 Å². The van der Waals surface area contributed by atoms with Gasteiger partial charge in [0.25, 0.3) is 0 Å². The highest BCUT2D eigenvalue weighted by molar-refractivity contribution is 5.59. The molecule has 0 radical (unpaired) electrons. The number of benzene rings is 1. The van der Waals surface area contributed by atoms with Crippen LogP contribution in [-0.4, -0.2) is 15.5 Å². The van der Waals surface area contributed by atoms with E-state index in [4.69, 9.17) is 0 Å². The molecule has 0 amide bonds. The second kappa shape index (κ2) is 5.67. The molecule has 0 saturated carbocycles. The zero-order chi connectivity index (χ0) is 14.8. The van der Waals surface area contributed by atoms with E-state index in [0.29, 0.717) is 12.4 Å². The molecule has 0 bridgehead atoms. The Labute approximate surface area is 119 Å². The molecule has 1 aromatic carbocycles. The molecule has 0 aliphatic heterocycles. The number of nitrogens with zero attached hydrogens (tertiary/aromatic N) is 2. The van der Waals surface area contributed by atoms with E-state index in [0.717, 1.165) is 16.8 Å². The maximum absolute atomic E-state index is 13.1. The SMILES string of the molecule is Cc1cc(F)ccc1-c1nccc(CNC(C)(C)C)n1. The lowest BCUT2D eigenvalue weighted by molar-refractivity contribution is 0.421. The summed E-state index contributed by atoms with van der Waals surface area (Å²) in [5.41, 5.74) is 2.67. The molecule has 0 atom stereocenters. The molecule has 2 aromatic rings. The second-order valence-electron chi connectivity index (χ2n) is 5.93. The van der Waals surface area contributed by atoms with Gasteiger partial charge >= 0.3 is 0 Å². The maximum atomic E-state index is 13.1. The number of hydrogen-bond donors (Lipinski definition) is 1. The Bertz CT molecular complexity index is 603. The summed E-state index contributed by atoms with van der Waals surface area (Å²) in [6.07, 6.45) is 1.74. The Kier molecular flexibility index (Phi) is 4.14. The molecule has 1 aromatic heterocycles.